The molecule has 0 radical (unpaired) electrons. The molecule has 24 heavy (non-hydrogen) atoms. The van der Waals surface area contributed by atoms with Gasteiger partial charge in [0.15, 0.2) is 0 Å². The van der Waals surface area contributed by atoms with E-state index >= 15 is 0 Å². The van der Waals surface area contributed by atoms with Crippen molar-refractivity contribution in [2.45, 2.75) is 38.3 Å². The molecule has 1 aromatic heterocycles. The molecule has 8 heteroatoms. The number of ether oxygens (including phenoxy) is 1. The first kappa shape index (κ1) is 16.5. The van der Waals surface area contributed by atoms with E-state index in [1.807, 2.05) is 0 Å². The Hall–Kier alpha value is -2.35. The molecule has 1 aliphatic rings. The summed E-state index contributed by atoms with van der Waals surface area (Å²) in [4.78, 5) is 12.7. The van der Waals surface area contributed by atoms with Crippen LogP contribution in [0.25, 0.3) is 0 Å². The van der Waals surface area contributed by atoms with Crippen LogP contribution in [0.15, 0.2) is 24.3 Å². The SMILES string of the molecule is Cc1nnnn1[C@H](Cc1cccc(F)c1)C(=O)NC[C@@H]1CCCO1. The Balaban J connectivity index is 1.74. The number of aryl methyl sites for hydroxylation is 1. The second kappa shape index (κ2) is 7.48. The predicted octanol–water partition coefficient (Wildman–Crippen LogP) is 1.20. The van der Waals surface area contributed by atoms with E-state index in [1.54, 1.807) is 19.1 Å². The maximum absolute atomic E-state index is 13.4. The van der Waals surface area contributed by atoms with Crippen molar-refractivity contribution in [2.24, 2.45) is 0 Å². The van der Waals surface area contributed by atoms with Crippen LogP contribution < -0.4 is 5.32 Å². The predicted molar refractivity (Wildman–Crippen MR) is 83.7 cm³/mol. The van der Waals surface area contributed by atoms with E-state index in [0.717, 1.165) is 19.4 Å². The molecule has 1 N–H and O–H groups in total. The van der Waals surface area contributed by atoms with Gasteiger partial charge < -0.3 is 10.1 Å². The van der Waals surface area contributed by atoms with E-state index in [9.17, 15) is 9.18 Å². The molecule has 0 aliphatic carbocycles. The van der Waals surface area contributed by atoms with Gasteiger partial charge in [0.25, 0.3) is 0 Å². The normalized spacial score (nSPS) is 18.5. The number of carbonyl (C=O) groups excluding carboxylic acids is 1. The zero-order valence-electron chi connectivity index (χ0n) is 13.5. The highest BCUT2D eigenvalue weighted by Gasteiger charge is 2.25. The molecule has 1 amide bonds. The molecule has 2 heterocycles. The number of nitrogens with one attached hydrogen (secondary N) is 1. The Labute approximate surface area is 139 Å². The number of tetrazole rings is 1. The van der Waals surface area contributed by atoms with Crippen LogP contribution in [0.3, 0.4) is 0 Å². The minimum absolute atomic E-state index is 0.0544. The average Bonchev–Trinajstić information content (AvgIpc) is 3.22. The number of nitrogens with zero attached hydrogens (tertiary/aromatic N) is 4. The maximum Gasteiger partial charge on any atom is 0.245 e. The lowest BCUT2D eigenvalue weighted by Crippen LogP contribution is -2.38. The summed E-state index contributed by atoms with van der Waals surface area (Å²) in [6.07, 6.45) is 2.32. The monoisotopic (exact) mass is 333 g/mol. The topological polar surface area (TPSA) is 81.9 Å². The van der Waals surface area contributed by atoms with Gasteiger partial charge in [-0.2, -0.15) is 0 Å². The molecule has 2 atom stereocenters. The molecular weight excluding hydrogens is 313 g/mol. The van der Waals surface area contributed by atoms with Gasteiger partial charge in [-0.1, -0.05) is 12.1 Å². The summed E-state index contributed by atoms with van der Waals surface area (Å²) in [7, 11) is 0. The Bertz CT molecular complexity index is 699. The van der Waals surface area contributed by atoms with Crippen LogP contribution in [0.5, 0.6) is 0 Å². The van der Waals surface area contributed by atoms with Gasteiger partial charge in [-0.3, -0.25) is 4.79 Å². The van der Waals surface area contributed by atoms with E-state index < -0.39 is 6.04 Å². The lowest BCUT2D eigenvalue weighted by molar-refractivity contribution is -0.125. The summed E-state index contributed by atoms with van der Waals surface area (Å²) < 4.78 is 20.4. The van der Waals surface area contributed by atoms with Crippen LogP contribution in [0.4, 0.5) is 4.39 Å². The number of halogens is 1. The third-order valence-electron chi connectivity index (χ3n) is 4.10. The summed E-state index contributed by atoms with van der Waals surface area (Å²) in [6.45, 7) is 2.92. The van der Waals surface area contributed by atoms with Crippen LogP contribution in [0, 0.1) is 12.7 Å². The summed E-state index contributed by atoms with van der Waals surface area (Å²) in [5.41, 5.74) is 0.710. The molecule has 128 valence electrons. The molecule has 1 saturated heterocycles. The standard InChI is InChI=1S/C16H20FN5O2/c1-11-19-20-21-22(11)15(9-12-4-2-5-13(17)8-12)16(23)18-10-14-6-3-7-24-14/h2,4-5,8,14-15H,3,6-7,9-10H2,1H3,(H,18,23)/t14-,15+/m0/s1. The smallest absolute Gasteiger partial charge is 0.245 e. The molecule has 3 rings (SSSR count). The van der Waals surface area contributed by atoms with Crippen molar-refractivity contribution in [3.05, 3.63) is 41.5 Å². The van der Waals surface area contributed by atoms with Crippen LogP contribution in [-0.2, 0) is 16.0 Å². The number of hydrogen-bond acceptors (Lipinski definition) is 5. The number of carbonyl (C=O) groups is 1. The first-order valence-electron chi connectivity index (χ1n) is 8.01. The fourth-order valence-electron chi connectivity index (χ4n) is 2.84. The molecule has 0 saturated carbocycles. The molecule has 0 bridgehead atoms. The van der Waals surface area contributed by atoms with Crippen molar-refractivity contribution >= 4 is 5.91 Å². The molecule has 2 aromatic rings. The Morgan fingerprint density at radius 1 is 1.54 bits per heavy atom. The minimum atomic E-state index is -0.636. The second-order valence-electron chi connectivity index (χ2n) is 5.90. The largest absolute Gasteiger partial charge is 0.376 e. The zero-order chi connectivity index (χ0) is 16.9. The van der Waals surface area contributed by atoms with Crippen molar-refractivity contribution in [1.29, 1.82) is 0 Å². The quantitative estimate of drug-likeness (QED) is 0.859. The van der Waals surface area contributed by atoms with Crippen LogP contribution in [0.2, 0.25) is 0 Å². The highest BCUT2D eigenvalue weighted by atomic mass is 19.1. The van der Waals surface area contributed by atoms with Crippen molar-refractivity contribution in [3.63, 3.8) is 0 Å². The van der Waals surface area contributed by atoms with Gasteiger partial charge in [-0.15, -0.1) is 5.10 Å². The summed E-state index contributed by atoms with van der Waals surface area (Å²) in [6, 6.07) is 5.56. The number of benzene rings is 1. The molecule has 1 fully saturated rings. The van der Waals surface area contributed by atoms with Gasteiger partial charge in [0.05, 0.1) is 6.10 Å². The number of aromatic nitrogens is 4. The van der Waals surface area contributed by atoms with E-state index in [4.69, 9.17) is 4.74 Å². The third kappa shape index (κ3) is 3.94. The van der Waals surface area contributed by atoms with Crippen molar-refractivity contribution in [3.8, 4) is 0 Å². The molecule has 1 aliphatic heterocycles. The van der Waals surface area contributed by atoms with Crippen molar-refractivity contribution < 1.29 is 13.9 Å². The van der Waals surface area contributed by atoms with Gasteiger partial charge in [0.1, 0.15) is 17.7 Å². The van der Waals surface area contributed by atoms with Gasteiger partial charge in [-0.25, -0.2) is 9.07 Å². The molecule has 0 unspecified atom stereocenters. The summed E-state index contributed by atoms with van der Waals surface area (Å²) in [5.74, 6) is -0.00622. The Morgan fingerprint density at radius 3 is 3.08 bits per heavy atom. The van der Waals surface area contributed by atoms with E-state index in [2.05, 4.69) is 20.8 Å². The lowest BCUT2D eigenvalue weighted by Gasteiger charge is -2.19. The van der Waals surface area contributed by atoms with Gasteiger partial charge in [-0.05, 0) is 47.9 Å². The fraction of sp³-hybridized carbons (Fsp3) is 0.500. The minimum Gasteiger partial charge on any atom is -0.376 e. The first-order chi connectivity index (χ1) is 11.6. The van der Waals surface area contributed by atoms with E-state index in [-0.39, 0.29) is 17.8 Å². The van der Waals surface area contributed by atoms with E-state index in [0.29, 0.717) is 24.4 Å². The van der Waals surface area contributed by atoms with Gasteiger partial charge in [0, 0.05) is 19.6 Å². The van der Waals surface area contributed by atoms with Gasteiger partial charge >= 0.3 is 0 Å². The van der Waals surface area contributed by atoms with Crippen molar-refractivity contribution in [1.82, 2.24) is 25.5 Å². The second-order valence-corrected chi connectivity index (χ2v) is 5.90. The highest BCUT2D eigenvalue weighted by Crippen LogP contribution is 2.17. The highest BCUT2D eigenvalue weighted by molar-refractivity contribution is 5.80. The number of hydrogen-bond donors (Lipinski definition) is 1. The van der Waals surface area contributed by atoms with Crippen LogP contribution in [-0.4, -0.2) is 45.4 Å². The molecular formula is C16H20FN5O2. The molecule has 7 nitrogen and oxygen atoms in total. The Morgan fingerprint density at radius 2 is 2.42 bits per heavy atom. The van der Waals surface area contributed by atoms with Gasteiger partial charge in [0.2, 0.25) is 5.91 Å². The van der Waals surface area contributed by atoms with E-state index in [1.165, 1.54) is 16.8 Å². The first-order valence-corrected chi connectivity index (χ1v) is 8.01. The third-order valence-corrected chi connectivity index (χ3v) is 4.10. The molecule has 1 aromatic carbocycles. The van der Waals surface area contributed by atoms with Crippen molar-refractivity contribution in [2.75, 3.05) is 13.2 Å². The fourth-order valence-corrected chi connectivity index (χ4v) is 2.84. The summed E-state index contributed by atoms with van der Waals surface area (Å²) in [5, 5.41) is 14.3. The maximum atomic E-state index is 13.4. The lowest BCUT2D eigenvalue weighted by atomic mass is 10.0. The summed E-state index contributed by atoms with van der Waals surface area (Å²) >= 11 is 0. The molecule has 0 spiro atoms. The van der Waals surface area contributed by atoms with Crippen LogP contribution in [0.1, 0.15) is 30.3 Å². The Kier molecular flexibility index (Phi) is 5.14. The van der Waals surface area contributed by atoms with Crippen LogP contribution >= 0.6 is 0 Å². The average molecular weight is 333 g/mol. The number of rotatable bonds is 6. The number of amides is 1. The zero-order valence-corrected chi connectivity index (χ0v) is 13.5.